The first-order valence-corrected chi connectivity index (χ1v) is 6.60. The molecule has 20 heavy (non-hydrogen) atoms. The van der Waals surface area contributed by atoms with Crippen LogP contribution < -0.4 is 16.4 Å². The van der Waals surface area contributed by atoms with Crippen molar-refractivity contribution in [3.8, 4) is 0 Å². The number of anilines is 3. The third-order valence-electron chi connectivity index (χ3n) is 2.73. The molecule has 3 rings (SSSR count). The highest BCUT2D eigenvalue weighted by molar-refractivity contribution is 6.29. The maximum Gasteiger partial charge on any atom is 0.221 e. The minimum absolute atomic E-state index is 0.206. The van der Waals surface area contributed by atoms with Crippen LogP contribution in [0.25, 0.3) is 0 Å². The molecule has 0 radical (unpaired) electrons. The van der Waals surface area contributed by atoms with Gasteiger partial charge < -0.3 is 16.4 Å². The zero-order valence-electron chi connectivity index (χ0n) is 10.9. The van der Waals surface area contributed by atoms with E-state index in [1.165, 1.54) is 19.0 Å². The van der Waals surface area contributed by atoms with Crippen LogP contribution in [0, 0.1) is 0 Å². The fraction of sp³-hybridized carbons (Fsp3) is 0.333. The number of nitrogens with zero attached hydrogens (tertiary/aromatic N) is 5. The van der Waals surface area contributed by atoms with E-state index < -0.39 is 0 Å². The highest BCUT2D eigenvalue weighted by atomic mass is 35.5. The van der Waals surface area contributed by atoms with Crippen molar-refractivity contribution in [3.63, 3.8) is 0 Å². The molecule has 0 atom stereocenters. The lowest BCUT2D eigenvalue weighted by Crippen LogP contribution is -2.19. The van der Waals surface area contributed by atoms with E-state index >= 15 is 0 Å². The molecule has 1 aliphatic heterocycles. The van der Waals surface area contributed by atoms with Gasteiger partial charge in [-0.15, -0.1) is 0 Å². The van der Waals surface area contributed by atoms with E-state index in [-0.39, 0.29) is 5.95 Å². The Morgan fingerprint density at radius 1 is 0.950 bits per heavy atom. The lowest BCUT2D eigenvalue weighted by Gasteiger charge is -2.15. The van der Waals surface area contributed by atoms with Crippen molar-refractivity contribution in [3.05, 3.63) is 29.7 Å². The second kappa shape index (κ2) is 6.85. The van der Waals surface area contributed by atoms with Crippen molar-refractivity contribution in [2.24, 2.45) is 0 Å². The van der Waals surface area contributed by atoms with Gasteiger partial charge in [-0.25, -0.2) is 15.0 Å². The van der Waals surface area contributed by atoms with Gasteiger partial charge in [-0.1, -0.05) is 11.6 Å². The van der Waals surface area contributed by atoms with E-state index in [0.29, 0.717) is 11.1 Å². The lowest BCUT2D eigenvalue weighted by molar-refractivity contribution is 0.931. The van der Waals surface area contributed by atoms with Gasteiger partial charge in [0.2, 0.25) is 11.9 Å². The van der Waals surface area contributed by atoms with Crippen LogP contribution in [-0.4, -0.2) is 33.0 Å². The minimum Gasteiger partial charge on any atom is -0.368 e. The summed E-state index contributed by atoms with van der Waals surface area (Å²) in [6.07, 6.45) is 5.72. The largest absolute Gasteiger partial charge is 0.368 e. The summed E-state index contributed by atoms with van der Waals surface area (Å²) in [6.45, 7) is 2.19. The van der Waals surface area contributed by atoms with Crippen LogP contribution in [0.5, 0.6) is 0 Å². The van der Waals surface area contributed by atoms with Gasteiger partial charge in [0.1, 0.15) is 11.0 Å². The fourth-order valence-corrected chi connectivity index (χ4v) is 1.98. The van der Waals surface area contributed by atoms with Gasteiger partial charge in [0.25, 0.3) is 0 Å². The Labute approximate surface area is 122 Å². The van der Waals surface area contributed by atoms with Crippen LogP contribution in [0.1, 0.15) is 12.8 Å². The number of aromatic nitrogens is 4. The van der Waals surface area contributed by atoms with Crippen molar-refractivity contribution in [1.82, 2.24) is 19.9 Å². The summed E-state index contributed by atoms with van der Waals surface area (Å²) in [6, 6.07) is 3.47. The van der Waals surface area contributed by atoms with Gasteiger partial charge in [0, 0.05) is 25.5 Å². The molecule has 3 heterocycles. The molecule has 0 amide bonds. The van der Waals surface area contributed by atoms with E-state index in [2.05, 4.69) is 24.8 Å². The number of halogens is 1. The molecule has 106 valence electrons. The monoisotopic (exact) mass is 293 g/mol. The average Bonchev–Trinajstić information content (AvgIpc) is 2.93. The first-order valence-electron chi connectivity index (χ1n) is 6.22. The standard InChI is InChI=1S/C8H12N4.C4H4ClN3/c9-8-10-4-3-7(11-8)12-5-1-2-6-12;5-3-1-2-7-4(6)8-3/h3-4H,1-2,5-6H2,(H2,9,10,11);1-2H,(H2,6,7,8). The van der Waals surface area contributed by atoms with Gasteiger partial charge in [-0.05, 0) is 25.0 Å². The molecule has 0 aliphatic carbocycles. The lowest BCUT2D eigenvalue weighted by atomic mass is 10.4. The van der Waals surface area contributed by atoms with Crippen molar-refractivity contribution < 1.29 is 0 Å². The third kappa shape index (κ3) is 4.20. The van der Waals surface area contributed by atoms with E-state index in [0.717, 1.165) is 18.9 Å². The minimum atomic E-state index is 0.206. The molecule has 2 aromatic heterocycles. The van der Waals surface area contributed by atoms with Crippen molar-refractivity contribution in [1.29, 1.82) is 0 Å². The van der Waals surface area contributed by atoms with Crippen molar-refractivity contribution >= 4 is 29.3 Å². The molecular weight excluding hydrogens is 278 g/mol. The highest BCUT2D eigenvalue weighted by Gasteiger charge is 2.13. The molecular formula is C12H16ClN7. The molecule has 7 nitrogen and oxygen atoms in total. The zero-order chi connectivity index (χ0) is 14.4. The smallest absolute Gasteiger partial charge is 0.221 e. The van der Waals surface area contributed by atoms with Crippen molar-refractivity contribution in [2.75, 3.05) is 29.5 Å². The van der Waals surface area contributed by atoms with Gasteiger partial charge in [-0.3, -0.25) is 0 Å². The van der Waals surface area contributed by atoms with E-state index in [1.54, 1.807) is 12.3 Å². The Morgan fingerprint density at radius 3 is 2.05 bits per heavy atom. The molecule has 0 spiro atoms. The van der Waals surface area contributed by atoms with Crippen LogP contribution in [0.2, 0.25) is 5.15 Å². The predicted molar refractivity (Wildman–Crippen MR) is 79.3 cm³/mol. The average molecular weight is 294 g/mol. The van der Waals surface area contributed by atoms with E-state index in [4.69, 9.17) is 23.1 Å². The van der Waals surface area contributed by atoms with Crippen LogP contribution >= 0.6 is 11.6 Å². The topological polar surface area (TPSA) is 107 Å². The summed E-state index contributed by atoms with van der Waals surface area (Å²) < 4.78 is 0. The summed E-state index contributed by atoms with van der Waals surface area (Å²) in [4.78, 5) is 17.5. The molecule has 0 unspecified atom stereocenters. The molecule has 1 fully saturated rings. The first-order chi connectivity index (χ1) is 9.65. The molecule has 1 saturated heterocycles. The molecule has 1 aliphatic rings. The first kappa shape index (κ1) is 14.3. The Balaban J connectivity index is 0.000000160. The number of nitrogen functional groups attached to an aromatic ring is 2. The Morgan fingerprint density at radius 2 is 1.55 bits per heavy atom. The summed E-state index contributed by atoms with van der Waals surface area (Å²) >= 11 is 5.41. The number of nitrogens with two attached hydrogens (primary N) is 2. The maximum atomic E-state index is 5.48. The molecule has 8 heteroatoms. The van der Waals surface area contributed by atoms with Gasteiger partial charge in [0.05, 0.1) is 0 Å². The van der Waals surface area contributed by atoms with Gasteiger partial charge >= 0.3 is 0 Å². The summed E-state index contributed by atoms with van der Waals surface area (Å²) in [5.74, 6) is 1.52. The maximum absolute atomic E-state index is 5.48. The Hall–Kier alpha value is -2.15. The Kier molecular flexibility index (Phi) is 4.89. The van der Waals surface area contributed by atoms with E-state index in [1.807, 2.05) is 6.07 Å². The number of hydrogen-bond donors (Lipinski definition) is 2. The molecule has 0 aromatic carbocycles. The second-order valence-corrected chi connectivity index (χ2v) is 4.59. The summed E-state index contributed by atoms with van der Waals surface area (Å²) in [5, 5.41) is 0.373. The third-order valence-corrected chi connectivity index (χ3v) is 2.94. The van der Waals surface area contributed by atoms with Gasteiger partial charge in [0.15, 0.2) is 0 Å². The molecule has 2 aromatic rings. The number of rotatable bonds is 1. The summed E-state index contributed by atoms with van der Waals surface area (Å²) in [7, 11) is 0. The molecule has 0 saturated carbocycles. The fourth-order valence-electron chi connectivity index (χ4n) is 1.84. The second-order valence-electron chi connectivity index (χ2n) is 4.20. The van der Waals surface area contributed by atoms with E-state index in [9.17, 15) is 0 Å². The normalized spacial score (nSPS) is 13.8. The number of hydrogen-bond acceptors (Lipinski definition) is 7. The SMILES string of the molecule is Nc1nccc(Cl)n1.Nc1nccc(N2CCCC2)n1. The van der Waals surface area contributed by atoms with Crippen LogP contribution in [0.3, 0.4) is 0 Å². The van der Waals surface area contributed by atoms with Crippen LogP contribution in [0.15, 0.2) is 24.5 Å². The summed E-state index contributed by atoms with van der Waals surface area (Å²) in [5.41, 5.74) is 10.6. The van der Waals surface area contributed by atoms with Crippen LogP contribution in [0.4, 0.5) is 17.7 Å². The van der Waals surface area contributed by atoms with Gasteiger partial charge in [-0.2, -0.15) is 4.98 Å². The predicted octanol–water partition coefficient (Wildman–Crippen LogP) is 1.37. The van der Waals surface area contributed by atoms with Crippen molar-refractivity contribution in [2.45, 2.75) is 12.8 Å². The Bertz CT molecular complexity index is 540. The van der Waals surface area contributed by atoms with Crippen LogP contribution in [-0.2, 0) is 0 Å². The highest BCUT2D eigenvalue weighted by Crippen LogP contribution is 2.16. The molecule has 0 bridgehead atoms. The quantitative estimate of drug-likeness (QED) is 0.765. The molecule has 4 N–H and O–H groups in total. The zero-order valence-corrected chi connectivity index (χ0v) is 11.7.